The molecule has 0 radical (unpaired) electrons. The van der Waals surface area contributed by atoms with E-state index in [1.807, 2.05) is 47.2 Å². The van der Waals surface area contributed by atoms with E-state index >= 15 is 0 Å². The number of fused-ring (bicyclic) bond motifs is 1. The van der Waals surface area contributed by atoms with E-state index in [1.54, 1.807) is 6.07 Å². The van der Waals surface area contributed by atoms with Gasteiger partial charge in [0.2, 0.25) is 0 Å². The zero-order valence-electron chi connectivity index (χ0n) is 9.10. The number of benzene rings is 2. The van der Waals surface area contributed by atoms with Gasteiger partial charge in [-0.2, -0.15) is 0 Å². The summed E-state index contributed by atoms with van der Waals surface area (Å²) in [6, 6.07) is 14.8. The molecular formula is C14H11FN2. The summed E-state index contributed by atoms with van der Waals surface area (Å²) in [6.07, 6.45) is 1.93. The van der Waals surface area contributed by atoms with Crippen molar-refractivity contribution in [2.75, 3.05) is 5.73 Å². The lowest BCUT2D eigenvalue weighted by Gasteiger charge is -2.06. The van der Waals surface area contributed by atoms with Gasteiger partial charge in [-0.1, -0.05) is 18.2 Å². The number of halogens is 1. The van der Waals surface area contributed by atoms with E-state index in [-0.39, 0.29) is 11.5 Å². The molecule has 84 valence electrons. The molecule has 2 aromatic carbocycles. The van der Waals surface area contributed by atoms with Crippen molar-refractivity contribution in [2.24, 2.45) is 0 Å². The third kappa shape index (κ3) is 1.56. The van der Waals surface area contributed by atoms with Crippen LogP contribution >= 0.6 is 0 Å². The average Bonchev–Trinajstić information content (AvgIpc) is 2.76. The molecule has 3 rings (SSSR count). The predicted molar refractivity (Wildman–Crippen MR) is 67.6 cm³/mol. The number of nitrogens with zero attached hydrogens (tertiary/aromatic N) is 1. The summed E-state index contributed by atoms with van der Waals surface area (Å²) in [6.45, 7) is 0. The molecule has 0 atom stereocenters. The molecule has 0 amide bonds. The van der Waals surface area contributed by atoms with Crippen molar-refractivity contribution in [1.29, 1.82) is 0 Å². The Morgan fingerprint density at radius 1 is 1.00 bits per heavy atom. The van der Waals surface area contributed by atoms with Gasteiger partial charge in [-0.05, 0) is 35.7 Å². The highest BCUT2D eigenvalue weighted by Gasteiger charge is 2.04. The Balaban J connectivity index is 2.24. The predicted octanol–water partition coefficient (Wildman–Crippen LogP) is 3.35. The van der Waals surface area contributed by atoms with Crippen LogP contribution in [0.2, 0.25) is 0 Å². The maximum atomic E-state index is 13.4. The van der Waals surface area contributed by atoms with Crippen LogP contribution in [0.1, 0.15) is 0 Å². The normalized spacial score (nSPS) is 10.9. The third-order valence-corrected chi connectivity index (χ3v) is 2.86. The van der Waals surface area contributed by atoms with Gasteiger partial charge in [0.05, 0.1) is 11.2 Å². The Hall–Kier alpha value is -2.29. The lowest BCUT2D eigenvalue weighted by atomic mass is 10.2. The molecule has 0 spiro atoms. The summed E-state index contributed by atoms with van der Waals surface area (Å²) in [7, 11) is 0. The van der Waals surface area contributed by atoms with Gasteiger partial charge < -0.3 is 10.3 Å². The van der Waals surface area contributed by atoms with Crippen LogP contribution in [0.5, 0.6) is 0 Å². The first-order chi connectivity index (χ1) is 8.25. The first-order valence-corrected chi connectivity index (χ1v) is 5.37. The van der Waals surface area contributed by atoms with E-state index in [0.29, 0.717) is 0 Å². The maximum absolute atomic E-state index is 13.4. The second-order valence-corrected chi connectivity index (χ2v) is 3.95. The molecule has 0 saturated carbocycles. The SMILES string of the molecule is Nc1ccc(-n2ccc3ccccc32)cc1F. The quantitative estimate of drug-likeness (QED) is 0.634. The summed E-state index contributed by atoms with van der Waals surface area (Å²) >= 11 is 0. The van der Waals surface area contributed by atoms with Crippen LogP contribution in [0, 0.1) is 5.82 Å². The standard InChI is InChI=1S/C14H11FN2/c15-12-9-11(5-6-13(12)16)17-8-7-10-3-1-2-4-14(10)17/h1-9H,16H2. The number of hydrogen-bond acceptors (Lipinski definition) is 1. The Bertz CT molecular complexity index is 686. The minimum absolute atomic E-state index is 0.171. The highest BCUT2D eigenvalue weighted by Crippen LogP contribution is 2.22. The van der Waals surface area contributed by atoms with E-state index in [4.69, 9.17) is 5.73 Å². The fraction of sp³-hybridized carbons (Fsp3) is 0. The minimum atomic E-state index is -0.389. The van der Waals surface area contributed by atoms with Gasteiger partial charge in [-0.15, -0.1) is 0 Å². The van der Waals surface area contributed by atoms with E-state index in [0.717, 1.165) is 16.6 Å². The van der Waals surface area contributed by atoms with Crippen molar-refractivity contribution in [3.05, 3.63) is 60.5 Å². The van der Waals surface area contributed by atoms with Gasteiger partial charge in [0.1, 0.15) is 5.82 Å². The second kappa shape index (κ2) is 3.63. The molecule has 1 aromatic heterocycles. The molecule has 0 fully saturated rings. The number of para-hydroxylation sites is 1. The lowest BCUT2D eigenvalue weighted by molar-refractivity contribution is 0.631. The molecule has 1 heterocycles. The summed E-state index contributed by atoms with van der Waals surface area (Å²) in [4.78, 5) is 0. The zero-order chi connectivity index (χ0) is 11.8. The summed E-state index contributed by atoms with van der Waals surface area (Å²) in [5, 5.41) is 1.13. The van der Waals surface area contributed by atoms with Crippen LogP contribution in [0.25, 0.3) is 16.6 Å². The highest BCUT2D eigenvalue weighted by atomic mass is 19.1. The van der Waals surface area contributed by atoms with Gasteiger partial charge in [0, 0.05) is 11.9 Å². The fourth-order valence-electron chi connectivity index (χ4n) is 1.97. The molecule has 0 aliphatic carbocycles. The first-order valence-electron chi connectivity index (χ1n) is 5.37. The van der Waals surface area contributed by atoms with Gasteiger partial charge in [0.25, 0.3) is 0 Å². The number of hydrogen-bond donors (Lipinski definition) is 1. The summed E-state index contributed by atoms with van der Waals surface area (Å²) in [5.74, 6) is -0.389. The number of nitrogens with two attached hydrogens (primary N) is 1. The molecule has 0 saturated heterocycles. The zero-order valence-corrected chi connectivity index (χ0v) is 9.10. The lowest BCUT2D eigenvalue weighted by Crippen LogP contribution is -1.96. The van der Waals surface area contributed by atoms with Crippen molar-refractivity contribution >= 4 is 16.6 Å². The van der Waals surface area contributed by atoms with Gasteiger partial charge in [0.15, 0.2) is 0 Å². The van der Waals surface area contributed by atoms with Crippen molar-refractivity contribution in [1.82, 2.24) is 4.57 Å². The van der Waals surface area contributed by atoms with Crippen LogP contribution < -0.4 is 5.73 Å². The second-order valence-electron chi connectivity index (χ2n) is 3.95. The third-order valence-electron chi connectivity index (χ3n) is 2.86. The molecule has 0 aliphatic rings. The molecule has 17 heavy (non-hydrogen) atoms. The van der Waals surface area contributed by atoms with Crippen LogP contribution in [0.4, 0.5) is 10.1 Å². The van der Waals surface area contributed by atoms with Crippen molar-refractivity contribution in [3.8, 4) is 5.69 Å². The molecule has 0 aliphatic heterocycles. The number of nitrogen functional groups attached to an aromatic ring is 1. The highest BCUT2D eigenvalue weighted by molar-refractivity contribution is 5.81. The minimum Gasteiger partial charge on any atom is -0.396 e. The van der Waals surface area contributed by atoms with Gasteiger partial charge in [-0.3, -0.25) is 0 Å². The van der Waals surface area contributed by atoms with Crippen molar-refractivity contribution in [2.45, 2.75) is 0 Å². The monoisotopic (exact) mass is 226 g/mol. The number of anilines is 1. The molecule has 2 N–H and O–H groups in total. The number of aromatic nitrogens is 1. The first kappa shape index (κ1) is 9.90. The molecule has 0 unspecified atom stereocenters. The molecule has 2 nitrogen and oxygen atoms in total. The van der Waals surface area contributed by atoms with Crippen LogP contribution in [-0.4, -0.2) is 4.57 Å². The smallest absolute Gasteiger partial charge is 0.148 e. The fourth-order valence-corrected chi connectivity index (χ4v) is 1.97. The Kier molecular flexibility index (Phi) is 2.11. The Morgan fingerprint density at radius 2 is 1.82 bits per heavy atom. The maximum Gasteiger partial charge on any atom is 0.148 e. The van der Waals surface area contributed by atoms with Gasteiger partial charge in [-0.25, -0.2) is 4.39 Å². The van der Waals surface area contributed by atoms with E-state index in [2.05, 4.69) is 0 Å². The van der Waals surface area contributed by atoms with E-state index in [1.165, 1.54) is 6.07 Å². The van der Waals surface area contributed by atoms with Crippen LogP contribution in [-0.2, 0) is 0 Å². The summed E-state index contributed by atoms with van der Waals surface area (Å²) < 4.78 is 15.4. The topological polar surface area (TPSA) is 30.9 Å². The van der Waals surface area contributed by atoms with E-state index in [9.17, 15) is 4.39 Å². The molecule has 3 heteroatoms. The Labute approximate surface area is 98.1 Å². The largest absolute Gasteiger partial charge is 0.396 e. The molecular weight excluding hydrogens is 215 g/mol. The van der Waals surface area contributed by atoms with Crippen molar-refractivity contribution < 1.29 is 4.39 Å². The van der Waals surface area contributed by atoms with Gasteiger partial charge >= 0.3 is 0 Å². The van der Waals surface area contributed by atoms with Crippen LogP contribution in [0.15, 0.2) is 54.7 Å². The molecule has 3 aromatic rings. The molecule has 0 bridgehead atoms. The van der Waals surface area contributed by atoms with E-state index < -0.39 is 0 Å². The Morgan fingerprint density at radius 3 is 2.65 bits per heavy atom. The van der Waals surface area contributed by atoms with Crippen LogP contribution in [0.3, 0.4) is 0 Å². The van der Waals surface area contributed by atoms with Crippen molar-refractivity contribution in [3.63, 3.8) is 0 Å². The number of rotatable bonds is 1. The summed E-state index contributed by atoms with van der Waals surface area (Å²) in [5.41, 5.74) is 7.47. The average molecular weight is 226 g/mol.